The van der Waals surface area contributed by atoms with E-state index >= 15 is 0 Å². The topological polar surface area (TPSA) is 40.5 Å². The molecule has 2 aromatic rings. The van der Waals surface area contributed by atoms with Crippen molar-refractivity contribution in [1.29, 1.82) is 0 Å². The molecule has 0 atom stereocenters. The van der Waals surface area contributed by atoms with Gasteiger partial charge in [-0.25, -0.2) is 0 Å². The van der Waals surface area contributed by atoms with E-state index in [1.165, 1.54) is 22.3 Å². The van der Waals surface area contributed by atoms with E-state index in [9.17, 15) is 5.11 Å². The van der Waals surface area contributed by atoms with Gasteiger partial charge < -0.3 is 10.2 Å². The van der Waals surface area contributed by atoms with Crippen LogP contribution in [0.4, 0.5) is 0 Å². The predicted molar refractivity (Wildman–Crippen MR) is 86.3 cm³/mol. The maximum absolute atomic E-state index is 9.54. The van der Waals surface area contributed by atoms with Crippen LogP contribution in [0.1, 0.15) is 30.5 Å². The Hall–Kier alpha value is -2.24. The van der Waals surface area contributed by atoms with E-state index < -0.39 is 0 Å². The van der Waals surface area contributed by atoms with Crippen LogP contribution in [0.5, 0.6) is 5.75 Å². The van der Waals surface area contributed by atoms with Crippen LogP contribution in [-0.2, 0) is 12.8 Å². The minimum atomic E-state index is -0.112. The largest absolute Gasteiger partial charge is 0.508 e. The molecule has 0 heterocycles. The molecule has 0 amide bonds. The first-order valence-corrected chi connectivity index (χ1v) is 7.33. The van der Waals surface area contributed by atoms with Gasteiger partial charge in [0, 0.05) is 5.56 Å². The number of aliphatic hydroxyl groups excluding tert-OH is 1. The van der Waals surface area contributed by atoms with Crippen LogP contribution in [0.15, 0.2) is 36.4 Å². The number of hydrogen-bond donors (Lipinski definition) is 2. The van der Waals surface area contributed by atoms with Crippen LogP contribution in [0.3, 0.4) is 0 Å². The van der Waals surface area contributed by atoms with Crippen molar-refractivity contribution in [3.63, 3.8) is 0 Å². The number of phenolic OH excluding ortho intramolecular Hbond substituents is 1. The molecule has 3 rings (SSSR count). The van der Waals surface area contributed by atoms with Gasteiger partial charge >= 0.3 is 0 Å². The molecule has 2 aromatic carbocycles. The lowest BCUT2D eigenvalue weighted by atomic mass is 9.85. The first kappa shape index (κ1) is 15.2. The van der Waals surface area contributed by atoms with Crippen molar-refractivity contribution < 1.29 is 10.2 Å². The molecule has 0 fully saturated rings. The molecule has 0 saturated heterocycles. The van der Waals surface area contributed by atoms with E-state index in [4.69, 9.17) is 5.11 Å². The monoisotopic (exact) mass is 280 g/mol. The number of aromatic hydroxyl groups is 1. The van der Waals surface area contributed by atoms with Crippen LogP contribution < -0.4 is 0 Å². The van der Waals surface area contributed by atoms with E-state index in [1.54, 1.807) is 6.07 Å². The third-order valence-electron chi connectivity index (χ3n) is 3.46. The van der Waals surface area contributed by atoms with E-state index in [1.807, 2.05) is 32.0 Å². The van der Waals surface area contributed by atoms with Crippen LogP contribution >= 0.6 is 0 Å². The molecule has 0 bridgehead atoms. The molecule has 1 aliphatic carbocycles. The highest BCUT2D eigenvalue weighted by atomic mass is 16.3. The normalized spacial score (nSPS) is 11.2. The van der Waals surface area contributed by atoms with Crippen molar-refractivity contribution in [1.82, 2.24) is 0 Å². The summed E-state index contributed by atoms with van der Waals surface area (Å²) in [5.41, 5.74) is 5.83. The summed E-state index contributed by atoms with van der Waals surface area (Å²) in [6, 6.07) is 11.7. The van der Waals surface area contributed by atoms with E-state index in [2.05, 4.69) is 24.0 Å². The fraction of sp³-hybridized carbons (Fsp3) is 0.263. The van der Waals surface area contributed by atoms with Gasteiger partial charge in [0.2, 0.25) is 0 Å². The molecule has 2 nitrogen and oxygen atoms in total. The Morgan fingerprint density at radius 2 is 1.57 bits per heavy atom. The highest BCUT2D eigenvalue weighted by Gasteiger charge is 2.16. The van der Waals surface area contributed by atoms with Crippen molar-refractivity contribution in [2.75, 3.05) is 6.61 Å². The molecule has 0 spiro atoms. The summed E-state index contributed by atoms with van der Waals surface area (Å²) in [4.78, 5) is 0. The van der Waals surface area contributed by atoms with Crippen LogP contribution in [0, 0.1) is 11.8 Å². The van der Waals surface area contributed by atoms with Crippen LogP contribution in [-0.4, -0.2) is 16.8 Å². The summed E-state index contributed by atoms with van der Waals surface area (Å²) in [5.74, 6) is 5.93. The number of fused-ring (bicyclic) bond motifs is 3. The smallest absolute Gasteiger partial charge is 0.115 e. The molecule has 0 aromatic heterocycles. The zero-order valence-electron chi connectivity index (χ0n) is 12.5. The number of benzene rings is 2. The van der Waals surface area contributed by atoms with Gasteiger partial charge in [0.25, 0.3) is 0 Å². The lowest BCUT2D eigenvalue weighted by Crippen LogP contribution is -2.04. The Morgan fingerprint density at radius 3 is 2.24 bits per heavy atom. The standard InChI is InChI=1S/C17H14O2.C2H6/c18-9-1-2-12-3-7-16-13(10-12)4-5-14-11-15(19)6-8-17(14)16;1-2/h3,6-8,10-11,18-19H,4-5,9H2;1-2H3. The average Bonchev–Trinajstić information content (AvgIpc) is 2.54. The number of aryl methyl sites for hydroxylation is 2. The molecule has 0 radical (unpaired) electrons. The third kappa shape index (κ3) is 3.26. The van der Waals surface area contributed by atoms with Crippen molar-refractivity contribution >= 4 is 0 Å². The molecular weight excluding hydrogens is 260 g/mol. The highest BCUT2D eigenvalue weighted by Crippen LogP contribution is 2.35. The zero-order valence-corrected chi connectivity index (χ0v) is 12.5. The fourth-order valence-corrected chi connectivity index (χ4v) is 2.60. The second kappa shape index (κ2) is 6.97. The van der Waals surface area contributed by atoms with Gasteiger partial charge in [0.15, 0.2) is 0 Å². The maximum atomic E-state index is 9.54. The second-order valence-electron chi connectivity index (χ2n) is 4.67. The first-order valence-electron chi connectivity index (χ1n) is 7.33. The predicted octanol–water partition coefficient (Wildman–Crippen LogP) is 3.53. The van der Waals surface area contributed by atoms with Crippen LogP contribution in [0.25, 0.3) is 11.1 Å². The number of phenols is 1. The summed E-state index contributed by atoms with van der Waals surface area (Å²) >= 11 is 0. The highest BCUT2D eigenvalue weighted by molar-refractivity contribution is 5.74. The Balaban J connectivity index is 0.000000774. The van der Waals surface area contributed by atoms with Gasteiger partial charge in [-0.05, 0) is 59.4 Å². The van der Waals surface area contributed by atoms with Gasteiger partial charge in [0.1, 0.15) is 12.4 Å². The van der Waals surface area contributed by atoms with E-state index in [0.717, 1.165) is 18.4 Å². The number of aliphatic hydroxyl groups is 1. The Bertz CT molecular complexity index is 690. The molecule has 1 aliphatic rings. The quantitative estimate of drug-likeness (QED) is 0.725. The summed E-state index contributed by atoms with van der Waals surface area (Å²) in [7, 11) is 0. The molecular formula is C19H20O2. The molecule has 0 saturated carbocycles. The number of hydrogen-bond acceptors (Lipinski definition) is 2. The van der Waals surface area contributed by atoms with Gasteiger partial charge in [-0.1, -0.05) is 37.8 Å². The van der Waals surface area contributed by atoms with Crippen molar-refractivity contribution in [2.45, 2.75) is 26.7 Å². The SMILES string of the molecule is CC.OCC#Cc1ccc2c(c1)CCc1cc(O)ccc1-2. The summed E-state index contributed by atoms with van der Waals surface area (Å²) in [5, 5.41) is 18.3. The van der Waals surface area contributed by atoms with Crippen molar-refractivity contribution in [3.05, 3.63) is 53.1 Å². The summed E-state index contributed by atoms with van der Waals surface area (Å²) in [6.07, 6.45) is 1.90. The minimum absolute atomic E-state index is 0.112. The van der Waals surface area contributed by atoms with Gasteiger partial charge in [0.05, 0.1) is 0 Å². The Labute approximate surface area is 126 Å². The van der Waals surface area contributed by atoms with Gasteiger partial charge in [-0.15, -0.1) is 0 Å². The van der Waals surface area contributed by atoms with Gasteiger partial charge in [-0.3, -0.25) is 0 Å². The lowest BCUT2D eigenvalue weighted by molar-refractivity contribution is 0.350. The maximum Gasteiger partial charge on any atom is 0.115 e. The Morgan fingerprint density at radius 1 is 0.952 bits per heavy atom. The number of rotatable bonds is 0. The minimum Gasteiger partial charge on any atom is -0.508 e. The molecule has 0 unspecified atom stereocenters. The summed E-state index contributed by atoms with van der Waals surface area (Å²) in [6.45, 7) is 3.89. The molecule has 2 N–H and O–H groups in total. The van der Waals surface area contributed by atoms with Crippen molar-refractivity contribution in [2.24, 2.45) is 0 Å². The van der Waals surface area contributed by atoms with E-state index in [-0.39, 0.29) is 6.61 Å². The summed E-state index contributed by atoms with van der Waals surface area (Å²) < 4.78 is 0. The molecule has 0 aliphatic heterocycles. The molecule has 2 heteroatoms. The Kier molecular flexibility index (Phi) is 5.03. The third-order valence-corrected chi connectivity index (χ3v) is 3.46. The van der Waals surface area contributed by atoms with Crippen molar-refractivity contribution in [3.8, 4) is 28.7 Å². The fourth-order valence-electron chi connectivity index (χ4n) is 2.60. The zero-order chi connectivity index (χ0) is 15.2. The first-order chi connectivity index (χ1) is 10.3. The lowest BCUT2D eigenvalue weighted by Gasteiger charge is -2.20. The second-order valence-corrected chi connectivity index (χ2v) is 4.67. The molecule has 21 heavy (non-hydrogen) atoms. The molecule has 108 valence electrons. The van der Waals surface area contributed by atoms with E-state index in [0.29, 0.717) is 5.75 Å². The van der Waals surface area contributed by atoms with Gasteiger partial charge in [-0.2, -0.15) is 0 Å². The van der Waals surface area contributed by atoms with Crippen LogP contribution in [0.2, 0.25) is 0 Å². The average molecular weight is 280 g/mol.